The molecular formula is C15H17BrO4. The van der Waals surface area contributed by atoms with Crippen LogP contribution >= 0.6 is 15.9 Å². The van der Waals surface area contributed by atoms with Crippen molar-refractivity contribution in [1.29, 1.82) is 0 Å². The Labute approximate surface area is 126 Å². The zero-order valence-corrected chi connectivity index (χ0v) is 12.9. The highest BCUT2D eigenvalue weighted by atomic mass is 79.9. The number of rotatable bonds is 8. The fourth-order valence-corrected chi connectivity index (χ4v) is 1.98. The molecule has 0 atom stereocenters. The van der Waals surface area contributed by atoms with Crippen LogP contribution in [-0.4, -0.2) is 23.5 Å². The first-order valence-electron chi connectivity index (χ1n) is 6.42. The molecule has 0 aliphatic heterocycles. The lowest BCUT2D eigenvalue weighted by atomic mass is 10.1. The van der Waals surface area contributed by atoms with Gasteiger partial charge in [0.15, 0.2) is 5.78 Å². The van der Waals surface area contributed by atoms with Crippen molar-refractivity contribution in [3.05, 3.63) is 40.4 Å². The number of carboxylic acids is 1. The number of aliphatic carboxylic acids is 1. The molecule has 0 heterocycles. The van der Waals surface area contributed by atoms with E-state index in [9.17, 15) is 9.59 Å². The van der Waals surface area contributed by atoms with E-state index in [-0.39, 0.29) is 10.3 Å². The van der Waals surface area contributed by atoms with E-state index in [0.717, 1.165) is 25.3 Å². The van der Waals surface area contributed by atoms with E-state index in [1.807, 2.05) is 0 Å². The van der Waals surface area contributed by atoms with Crippen molar-refractivity contribution >= 4 is 27.7 Å². The van der Waals surface area contributed by atoms with Crippen molar-refractivity contribution in [3.63, 3.8) is 0 Å². The number of ether oxygens (including phenoxy) is 1. The summed E-state index contributed by atoms with van der Waals surface area (Å²) < 4.78 is 5.55. The lowest BCUT2D eigenvalue weighted by Crippen LogP contribution is -2.02. The molecule has 108 valence electrons. The third-order valence-electron chi connectivity index (χ3n) is 2.60. The molecule has 0 bridgehead atoms. The Morgan fingerprint density at radius 1 is 1.25 bits per heavy atom. The number of halogens is 1. The molecule has 0 spiro atoms. The summed E-state index contributed by atoms with van der Waals surface area (Å²) in [6, 6.07) is 6.66. The van der Waals surface area contributed by atoms with Crippen molar-refractivity contribution in [2.24, 2.45) is 0 Å². The third kappa shape index (κ3) is 5.57. The molecule has 4 nitrogen and oxygen atoms in total. The lowest BCUT2D eigenvalue weighted by Gasteiger charge is -2.06. The second-order valence-electron chi connectivity index (χ2n) is 4.24. The number of unbranched alkanes of at least 4 members (excludes halogenated alkanes) is 2. The average Bonchev–Trinajstić information content (AvgIpc) is 2.43. The van der Waals surface area contributed by atoms with Gasteiger partial charge in [-0.05, 0) is 46.6 Å². The summed E-state index contributed by atoms with van der Waals surface area (Å²) in [5, 5.41) is 8.59. The maximum Gasteiger partial charge on any atom is 0.329 e. The third-order valence-corrected chi connectivity index (χ3v) is 3.19. The van der Waals surface area contributed by atoms with Crippen LogP contribution in [0.2, 0.25) is 0 Å². The summed E-state index contributed by atoms with van der Waals surface area (Å²) in [6.07, 6.45) is 4.10. The number of Topliss-reactive ketones (excluding diaryl/α,β-unsaturated/α-hetero) is 1. The number of benzene rings is 1. The average molecular weight is 341 g/mol. The molecular weight excluding hydrogens is 324 g/mol. The van der Waals surface area contributed by atoms with Gasteiger partial charge in [-0.25, -0.2) is 4.79 Å². The molecule has 0 radical (unpaired) electrons. The Morgan fingerprint density at radius 2 is 1.90 bits per heavy atom. The van der Waals surface area contributed by atoms with E-state index in [1.54, 1.807) is 24.3 Å². The Balaban J connectivity index is 2.62. The molecule has 1 N–H and O–H groups in total. The number of carbonyl (C=O) groups is 2. The molecule has 0 unspecified atom stereocenters. The SMILES string of the molecule is CCCCCOc1ccc(C(=O)/C(Br)=C/C(=O)O)cc1. The van der Waals surface area contributed by atoms with Crippen LogP contribution in [0.1, 0.15) is 36.5 Å². The summed E-state index contributed by atoms with van der Waals surface area (Å²) in [5.74, 6) is -0.831. The van der Waals surface area contributed by atoms with Gasteiger partial charge < -0.3 is 9.84 Å². The zero-order valence-electron chi connectivity index (χ0n) is 11.3. The lowest BCUT2D eigenvalue weighted by molar-refractivity contribution is -0.131. The van der Waals surface area contributed by atoms with Crippen LogP contribution < -0.4 is 4.74 Å². The monoisotopic (exact) mass is 340 g/mol. The maximum absolute atomic E-state index is 11.9. The summed E-state index contributed by atoms with van der Waals surface area (Å²) in [7, 11) is 0. The first kappa shape index (κ1) is 16.4. The van der Waals surface area contributed by atoms with Crippen LogP contribution in [0.5, 0.6) is 5.75 Å². The number of ketones is 1. The molecule has 0 aromatic heterocycles. The number of carbonyl (C=O) groups excluding carboxylic acids is 1. The van der Waals surface area contributed by atoms with Crippen LogP contribution in [0, 0.1) is 0 Å². The van der Waals surface area contributed by atoms with E-state index in [1.165, 1.54) is 0 Å². The maximum atomic E-state index is 11.9. The standard InChI is InChI=1S/C15H17BrO4/c1-2-3-4-9-20-12-7-5-11(6-8-12)15(19)13(16)10-14(17)18/h5-8,10H,2-4,9H2,1H3,(H,17,18)/b13-10-. The highest BCUT2D eigenvalue weighted by Gasteiger charge is 2.11. The number of carboxylic acid groups (broad SMARTS) is 1. The minimum atomic E-state index is -1.17. The van der Waals surface area contributed by atoms with Crippen LogP contribution in [0.15, 0.2) is 34.8 Å². The topological polar surface area (TPSA) is 63.6 Å². The largest absolute Gasteiger partial charge is 0.494 e. The zero-order chi connectivity index (χ0) is 15.0. The molecule has 0 amide bonds. The van der Waals surface area contributed by atoms with E-state index in [4.69, 9.17) is 9.84 Å². The van der Waals surface area contributed by atoms with Gasteiger partial charge in [-0.2, -0.15) is 0 Å². The molecule has 1 aromatic carbocycles. The second kappa shape index (κ2) is 8.53. The molecule has 0 aliphatic rings. The minimum absolute atomic E-state index is 0.0154. The summed E-state index contributed by atoms with van der Waals surface area (Å²) in [6.45, 7) is 2.78. The Bertz CT molecular complexity index is 491. The molecule has 1 aromatic rings. The molecule has 0 saturated carbocycles. The molecule has 0 saturated heterocycles. The predicted octanol–water partition coefficient (Wildman–Crippen LogP) is 3.80. The van der Waals surface area contributed by atoms with Gasteiger partial charge in [-0.15, -0.1) is 0 Å². The minimum Gasteiger partial charge on any atom is -0.494 e. The van der Waals surface area contributed by atoms with Crippen LogP contribution in [0.4, 0.5) is 0 Å². The van der Waals surface area contributed by atoms with Gasteiger partial charge >= 0.3 is 5.97 Å². The van der Waals surface area contributed by atoms with Crippen LogP contribution in [0.25, 0.3) is 0 Å². The van der Waals surface area contributed by atoms with E-state index in [0.29, 0.717) is 17.9 Å². The Morgan fingerprint density at radius 3 is 2.45 bits per heavy atom. The predicted molar refractivity (Wildman–Crippen MR) is 80.4 cm³/mol. The van der Waals surface area contributed by atoms with Crippen molar-refractivity contribution in [2.45, 2.75) is 26.2 Å². The van der Waals surface area contributed by atoms with Crippen LogP contribution in [0.3, 0.4) is 0 Å². The van der Waals surface area contributed by atoms with Gasteiger partial charge in [-0.1, -0.05) is 19.8 Å². The van der Waals surface area contributed by atoms with Gasteiger partial charge in [0.25, 0.3) is 0 Å². The summed E-state index contributed by atoms with van der Waals surface area (Å²) in [4.78, 5) is 22.4. The Kier molecular flexibility index (Phi) is 7.01. The molecule has 0 aliphatic carbocycles. The van der Waals surface area contributed by atoms with E-state index >= 15 is 0 Å². The van der Waals surface area contributed by atoms with Gasteiger partial charge in [0.05, 0.1) is 11.1 Å². The quantitative estimate of drug-likeness (QED) is 0.444. The van der Waals surface area contributed by atoms with Gasteiger partial charge in [0.2, 0.25) is 0 Å². The summed E-state index contributed by atoms with van der Waals surface area (Å²) in [5.41, 5.74) is 0.412. The first-order valence-corrected chi connectivity index (χ1v) is 7.21. The van der Waals surface area contributed by atoms with E-state index < -0.39 is 5.97 Å². The van der Waals surface area contributed by atoms with Crippen molar-refractivity contribution in [1.82, 2.24) is 0 Å². The first-order chi connectivity index (χ1) is 9.54. The van der Waals surface area contributed by atoms with E-state index in [2.05, 4.69) is 22.9 Å². The van der Waals surface area contributed by atoms with Gasteiger partial charge in [0, 0.05) is 11.6 Å². The summed E-state index contributed by atoms with van der Waals surface area (Å²) >= 11 is 2.96. The molecule has 5 heteroatoms. The highest BCUT2D eigenvalue weighted by Crippen LogP contribution is 2.18. The Hall–Kier alpha value is -1.62. The van der Waals surface area contributed by atoms with Crippen molar-refractivity contribution in [3.8, 4) is 5.75 Å². The van der Waals surface area contributed by atoms with Crippen LogP contribution in [-0.2, 0) is 4.79 Å². The van der Waals surface area contributed by atoms with Crippen molar-refractivity contribution in [2.75, 3.05) is 6.61 Å². The fourth-order valence-electron chi connectivity index (χ4n) is 1.56. The van der Waals surface area contributed by atoms with Gasteiger partial charge in [0.1, 0.15) is 5.75 Å². The van der Waals surface area contributed by atoms with Gasteiger partial charge in [-0.3, -0.25) is 4.79 Å². The van der Waals surface area contributed by atoms with Crippen molar-refractivity contribution < 1.29 is 19.4 Å². The number of hydrogen-bond donors (Lipinski definition) is 1. The normalized spacial score (nSPS) is 11.2. The second-order valence-corrected chi connectivity index (χ2v) is 5.09. The highest BCUT2D eigenvalue weighted by molar-refractivity contribution is 9.12. The number of hydrogen-bond acceptors (Lipinski definition) is 3. The smallest absolute Gasteiger partial charge is 0.329 e. The number of allylic oxidation sites excluding steroid dienone is 1. The molecule has 0 fully saturated rings. The molecule has 20 heavy (non-hydrogen) atoms. The molecule has 1 rings (SSSR count). The fraction of sp³-hybridized carbons (Fsp3) is 0.333.